The maximum atomic E-state index is 10.5. The summed E-state index contributed by atoms with van der Waals surface area (Å²) in [7, 11) is 0. The van der Waals surface area contributed by atoms with E-state index in [4.69, 9.17) is 0 Å². The molecule has 0 radical (unpaired) electrons. The molecule has 0 aliphatic carbocycles. The molecule has 4 heteroatoms. The third kappa shape index (κ3) is 4.83. The summed E-state index contributed by atoms with van der Waals surface area (Å²) >= 11 is 0. The summed E-state index contributed by atoms with van der Waals surface area (Å²) in [5.74, 6) is 0. The fraction of sp³-hybridized carbons (Fsp3) is 1.00. The molecule has 0 heterocycles. The van der Waals surface area contributed by atoms with Gasteiger partial charge < -0.3 is 5.11 Å². The molecular weight excluding hydrogens is 170 g/mol. The van der Waals surface area contributed by atoms with Crippen LogP contribution in [0, 0.1) is 10.1 Å². The number of aliphatic hydroxyl groups is 1. The van der Waals surface area contributed by atoms with Crippen molar-refractivity contribution in [2.75, 3.05) is 0 Å². The van der Waals surface area contributed by atoms with E-state index >= 15 is 0 Å². The van der Waals surface area contributed by atoms with Crippen LogP contribution in [0.15, 0.2) is 0 Å². The van der Waals surface area contributed by atoms with Gasteiger partial charge in [-0.2, -0.15) is 0 Å². The van der Waals surface area contributed by atoms with Crippen LogP contribution in [0.3, 0.4) is 0 Å². The molecule has 2 atom stereocenters. The van der Waals surface area contributed by atoms with Gasteiger partial charge in [-0.3, -0.25) is 10.1 Å². The Bertz CT molecular complexity index is 150. The fourth-order valence-electron chi connectivity index (χ4n) is 1.36. The number of nitrogens with zero attached hydrogens (tertiary/aromatic N) is 1. The minimum absolute atomic E-state index is 0.378. The average Bonchev–Trinajstić information content (AvgIpc) is 2.05. The minimum Gasteiger partial charge on any atom is -0.386 e. The van der Waals surface area contributed by atoms with Gasteiger partial charge >= 0.3 is 0 Å². The Labute approximate surface area is 79.1 Å². The second-order valence-corrected chi connectivity index (χ2v) is 3.32. The first-order chi connectivity index (χ1) is 6.13. The molecule has 0 aliphatic rings. The maximum Gasteiger partial charge on any atom is 0.238 e. The Balaban J connectivity index is 3.77. The largest absolute Gasteiger partial charge is 0.386 e. The van der Waals surface area contributed by atoms with Gasteiger partial charge in [0.2, 0.25) is 6.04 Å². The van der Waals surface area contributed by atoms with Crippen LogP contribution < -0.4 is 0 Å². The molecule has 0 bridgehead atoms. The molecular formula is C9H19NO3. The third-order valence-electron chi connectivity index (χ3n) is 2.24. The molecule has 78 valence electrons. The van der Waals surface area contributed by atoms with Gasteiger partial charge in [-0.05, 0) is 6.42 Å². The van der Waals surface area contributed by atoms with Crippen LogP contribution in [0.5, 0.6) is 0 Å². The molecule has 0 saturated carbocycles. The molecule has 0 fully saturated rings. The SMILES string of the molecule is CCCCC[C@@H](O)[C@@H](CC)[N+](=O)[O-]. The first-order valence-electron chi connectivity index (χ1n) is 4.95. The molecule has 0 aliphatic heterocycles. The lowest BCUT2D eigenvalue weighted by Crippen LogP contribution is -2.32. The number of hydrogen-bond donors (Lipinski definition) is 1. The van der Waals surface area contributed by atoms with Crippen molar-refractivity contribution in [3.05, 3.63) is 10.1 Å². The summed E-state index contributed by atoms with van der Waals surface area (Å²) in [6, 6.07) is -0.781. The van der Waals surface area contributed by atoms with Crippen molar-refractivity contribution < 1.29 is 10.0 Å². The van der Waals surface area contributed by atoms with Gasteiger partial charge in [0, 0.05) is 11.3 Å². The number of rotatable bonds is 7. The first-order valence-corrected chi connectivity index (χ1v) is 4.95. The highest BCUT2D eigenvalue weighted by Crippen LogP contribution is 2.11. The van der Waals surface area contributed by atoms with Crippen molar-refractivity contribution >= 4 is 0 Å². The van der Waals surface area contributed by atoms with E-state index in [0.29, 0.717) is 12.8 Å². The zero-order chi connectivity index (χ0) is 10.3. The van der Waals surface area contributed by atoms with Gasteiger partial charge in [0.15, 0.2) is 0 Å². The Kier molecular flexibility index (Phi) is 6.49. The van der Waals surface area contributed by atoms with Crippen LogP contribution in [0.1, 0.15) is 46.0 Å². The second-order valence-electron chi connectivity index (χ2n) is 3.32. The van der Waals surface area contributed by atoms with Crippen molar-refractivity contribution in [1.82, 2.24) is 0 Å². The Morgan fingerprint density at radius 1 is 1.38 bits per heavy atom. The zero-order valence-corrected chi connectivity index (χ0v) is 8.40. The van der Waals surface area contributed by atoms with Crippen molar-refractivity contribution in [2.45, 2.75) is 58.1 Å². The summed E-state index contributed by atoms with van der Waals surface area (Å²) in [5.41, 5.74) is 0. The lowest BCUT2D eigenvalue weighted by molar-refractivity contribution is -0.534. The first kappa shape index (κ1) is 12.4. The van der Waals surface area contributed by atoms with Crippen LogP contribution in [-0.2, 0) is 0 Å². The van der Waals surface area contributed by atoms with Crippen molar-refractivity contribution in [1.29, 1.82) is 0 Å². The van der Waals surface area contributed by atoms with Crippen molar-refractivity contribution in [2.24, 2.45) is 0 Å². The topological polar surface area (TPSA) is 63.4 Å². The molecule has 0 saturated heterocycles. The predicted molar refractivity (Wildman–Crippen MR) is 51.2 cm³/mol. The third-order valence-corrected chi connectivity index (χ3v) is 2.24. The standard InChI is InChI=1S/C9H19NO3/c1-3-5-6-7-9(11)8(4-2)10(12)13/h8-9,11H,3-7H2,1-2H3/t8-,9-/m1/s1. The van der Waals surface area contributed by atoms with Gasteiger partial charge in [0.1, 0.15) is 6.10 Å². The van der Waals surface area contributed by atoms with Crippen LogP contribution in [-0.4, -0.2) is 22.2 Å². The van der Waals surface area contributed by atoms with E-state index in [1.807, 2.05) is 0 Å². The van der Waals surface area contributed by atoms with Gasteiger partial charge in [-0.15, -0.1) is 0 Å². The van der Waals surface area contributed by atoms with Crippen LogP contribution in [0.4, 0.5) is 0 Å². The molecule has 0 aromatic heterocycles. The predicted octanol–water partition coefficient (Wildman–Crippen LogP) is 1.98. The van der Waals surface area contributed by atoms with Gasteiger partial charge in [-0.1, -0.05) is 33.1 Å². The molecule has 0 unspecified atom stereocenters. The summed E-state index contributed by atoms with van der Waals surface area (Å²) < 4.78 is 0. The van der Waals surface area contributed by atoms with Crippen molar-refractivity contribution in [3.8, 4) is 0 Å². The highest BCUT2D eigenvalue weighted by molar-refractivity contribution is 4.66. The number of hydrogen-bond acceptors (Lipinski definition) is 3. The maximum absolute atomic E-state index is 10.5. The Morgan fingerprint density at radius 3 is 2.38 bits per heavy atom. The molecule has 1 N–H and O–H groups in total. The number of nitro groups is 1. The van der Waals surface area contributed by atoms with E-state index < -0.39 is 12.1 Å². The Hall–Kier alpha value is -0.640. The smallest absolute Gasteiger partial charge is 0.238 e. The Morgan fingerprint density at radius 2 is 2.00 bits per heavy atom. The summed E-state index contributed by atoms with van der Waals surface area (Å²) in [4.78, 5) is 10.1. The number of aliphatic hydroxyl groups excluding tert-OH is 1. The molecule has 4 nitrogen and oxygen atoms in total. The summed E-state index contributed by atoms with van der Waals surface area (Å²) in [5, 5.41) is 19.9. The monoisotopic (exact) mass is 189 g/mol. The van der Waals surface area contributed by atoms with E-state index in [1.165, 1.54) is 0 Å². The van der Waals surface area contributed by atoms with Gasteiger partial charge in [0.25, 0.3) is 0 Å². The van der Waals surface area contributed by atoms with E-state index in [9.17, 15) is 15.2 Å². The van der Waals surface area contributed by atoms with Crippen LogP contribution >= 0.6 is 0 Å². The van der Waals surface area contributed by atoms with Gasteiger partial charge in [-0.25, -0.2) is 0 Å². The van der Waals surface area contributed by atoms with Crippen LogP contribution in [0.25, 0.3) is 0 Å². The summed E-state index contributed by atoms with van der Waals surface area (Å²) in [6.45, 7) is 3.80. The fourth-order valence-corrected chi connectivity index (χ4v) is 1.36. The van der Waals surface area contributed by atoms with E-state index in [1.54, 1.807) is 6.92 Å². The number of unbranched alkanes of at least 4 members (excludes halogenated alkanes) is 2. The lowest BCUT2D eigenvalue weighted by atomic mass is 10.0. The van der Waals surface area contributed by atoms with Crippen molar-refractivity contribution in [3.63, 3.8) is 0 Å². The summed E-state index contributed by atoms with van der Waals surface area (Å²) in [6.07, 6.45) is 3.16. The molecule has 13 heavy (non-hydrogen) atoms. The lowest BCUT2D eigenvalue weighted by Gasteiger charge is -2.13. The second kappa shape index (κ2) is 6.83. The quantitative estimate of drug-likeness (QED) is 0.378. The highest BCUT2D eigenvalue weighted by Gasteiger charge is 2.26. The normalized spacial score (nSPS) is 15.3. The van der Waals surface area contributed by atoms with E-state index in [-0.39, 0.29) is 4.92 Å². The highest BCUT2D eigenvalue weighted by atomic mass is 16.6. The van der Waals surface area contributed by atoms with Crippen LogP contribution in [0.2, 0.25) is 0 Å². The minimum atomic E-state index is -0.781. The molecule has 0 aromatic rings. The molecule has 0 amide bonds. The van der Waals surface area contributed by atoms with E-state index in [0.717, 1.165) is 19.3 Å². The molecule has 0 spiro atoms. The molecule has 0 aromatic carbocycles. The zero-order valence-electron chi connectivity index (χ0n) is 8.40. The molecule has 0 rings (SSSR count). The average molecular weight is 189 g/mol. The van der Waals surface area contributed by atoms with Gasteiger partial charge in [0.05, 0.1) is 0 Å². The van der Waals surface area contributed by atoms with E-state index in [2.05, 4.69) is 6.92 Å².